The number of aryl methyl sites for hydroxylation is 1. The van der Waals surface area contributed by atoms with Crippen LogP contribution in [0.25, 0.3) is 0 Å². The average Bonchev–Trinajstić information content (AvgIpc) is 3.10. The summed E-state index contributed by atoms with van der Waals surface area (Å²) in [6.45, 7) is 2.09. The molecule has 0 aliphatic rings. The lowest BCUT2D eigenvalue weighted by molar-refractivity contribution is -0.113. The first-order valence-electron chi connectivity index (χ1n) is 7.87. The van der Waals surface area contributed by atoms with Gasteiger partial charge in [-0.05, 0) is 31.2 Å². The number of benzene rings is 1. The maximum absolute atomic E-state index is 12.2. The molecule has 3 aromatic rings. The highest BCUT2D eigenvalue weighted by Crippen LogP contribution is 2.18. The lowest BCUT2D eigenvalue weighted by atomic mass is 10.2. The van der Waals surface area contributed by atoms with E-state index in [-0.39, 0.29) is 24.0 Å². The van der Waals surface area contributed by atoms with Crippen LogP contribution in [0.2, 0.25) is 0 Å². The van der Waals surface area contributed by atoms with E-state index in [2.05, 4.69) is 10.3 Å². The number of amides is 1. The van der Waals surface area contributed by atoms with Gasteiger partial charge in [0.15, 0.2) is 0 Å². The second kappa shape index (κ2) is 7.92. The molecule has 2 aromatic heterocycles. The summed E-state index contributed by atoms with van der Waals surface area (Å²) in [4.78, 5) is 39.1. The van der Waals surface area contributed by atoms with Crippen molar-refractivity contribution in [3.05, 3.63) is 80.9 Å². The van der Waals surface area contributed by atoms with Gasteiger partial charge in [-0.2, -0.15) is 0 Å². The van der Waals surface area contributed by atoms with Crippen molar-refractivity contribution in [2.24, 2.45) is 0 Å². The van der Waals surface area contributed by atoms with E-state index in [0.717, 1.165) is 10.5 Å². The second-order valence-electron chi connectivity index (χ2n) is 5.64. The number of nitrogens with one attached hydrogen (secondary N) is 2. The van der Waals surface area contributed by atoms with Crippen molar-refractivity contribution >= 4 is 23.5 Å². The van der Waals surface area contributed by atoms with E-state index in [9.17, 15) is 14.4 Å². The monoisotopic (exact) mass is 371 g/mol. The number of nitrogens with zero attached hydrogens (tertiary/aromatic N) is 1. The predicted octanol–water partition coefficient (Wildman–Crippen LogP) is 2.22. The van der Waals surface area contributed by atoms with Crippen molar-refractivity contribution in [2.75, 3.05) is 11.1 Å². The standard InChI is InChI=1S/C18H17N3O4S/c1-12-4-6-14(7-5-12)26-11-17(23)19-15-9-16(22)20-18(24)21(15)10-13-3-2-8-25-13/h2-9H,10-11H2,1H3,(H,19,23)(H,20,22,24). The molecule has 2 N–H and O–H groups in total. The van der Waals surface area contributed by atoms with Crippen molar-refractivity contribution in [3.8, 4) is 0 Å². The molecule has 0 atom stereocenters. The summed E-state index contributed by atoms with van der Waals surface area (Å²) in [7, 11) is 0. The number of aromatic amines is 1. The van der Waals surface area contributed by atoms with Gasteiger partial charge in [0.25, 0.3) is 5.56 Å². The van der Waals surface area contributed by atoms with Crippen molar-refractivity contribution in [1.82, 2.24) is 9.55 Å². The Kier molecular flexibility index (Phi) is 5.43. The quantitative estimate of drug-likeness (QED) is 0.648. The number of furan rings is 1. The summed E-state index contributed by atoms with van der Waals surface area (Å²) in [6, 6.07) is 12.4. The molecule has 0 saturated heterocycles. The molecule has 3 rings (SSSR count). The van der Waals surface area contributed by atoms with Gasteiger partial charge in [0, 0.05) is 11.0 Å². The zero-order valence-corrected chi connectivity index (χ0v) is 14.8. The molecule has 7 nitrogen and oxygen atoms in total. The highest BCUT2D eigenvalue weighted by Gasteiger charge is 2.12. The van der Waals surface area contributed by atoms with Gasteiger partial charge < -0.3 is 9.73 Å². The number of thioether (sulfide) groups is 1. The average molecular weight is 371 g/mol. The highest BCUT2D eigenvalue weighted by molar-refractivity contribution is 8.00. The van der Waals surface area contributed by atoms with Gasteiger partial charge in [-0.3, -0.25) is 19.1 Å². The van der Waals surface area contributed by atoms with Gasteiger partial charge in [0.2, 0.25) is 5.91 Å². The number of aromatic nitrogens is 2. The molecule has 0 aliphatic heterocycles. The number of hydrogen-bond acceptors (Lipinski definition) is 5. The van der Waals surface area contributed by atoms with Crippen LogP contribution in [0.5, 0.6) is 0 Å². The van der Waals surface area contributed by atoms with Crippen molar-refractivity contribution < 1.29 is 9.21 Å². The van der Waals surface area contributed by atoms with Gasteiger partial charge >= 0.3 is 5.69 Å². The molecule has 2 heterocycles. The molecule has 1 amide bonds. The molecule has 0 spiro atoms. The van der Waals surface area contributed by atoms with E-state index < -0.39 is 11.2 Å². The Hall–Kier alpha value is -3.00. The number of rotatable bonds is 6. The van der Waals surface area contributed by atoms with Crippen molar-refractivity contribution in [3.63, 3.8) is 0 Å². The first-order valence-corrected chi connectivity index (χ1v) is 8.86. The minimum absolute atomic E-state index is 0.101. The maximum Gasteiger partial charge on any atom is 0.330 e. The first-order chi connectivity index (χ1) is 12.5. The molecule has 0 aliphatic carbocycles. The molecule has 26 heavy (non-hydrogen) atoms. The SMILES string of the molecule is Cc1ccc(SCC(=O)Nc2cc(=O)[nH]c(=O)n2Cc2ccco2)cc1. The molecular weight excluding hydrogens is 354 g/mol. The zero-order chi connectivity index (χ0) is 18.5. The van der Waals surface area contributed by atoms with Gasteiger partial charge in [0.1, 0.15) is 11.6 Å². The Labute approximate surface area is 153 Å². The van der Waals surface area contributed by atoms with Crippen molar-refractivity contribution in [1.29, 1.82) is 0 Å². The fourth-order valence-electron chi connectivity index (χ4n) is 2.30. The molecule has 0 unspecified atom stereocenters. The Morgan fingerprint density at radius 3 is 2.69 bits per heavy atom. The highest BCUT2D eigenvalue weighted by atomic mass is 32.2. The van der Waals surface area contributed by atoms with Crippen molar-refractivity contribution in [2.45, 2.75) is 18.4 Å². The van der Waals surface area contributed by atoms with Crippen LogP contribution in [0.15, 0.2) is 67.6 Å². The van der Waals surface area contributed by atoms with E-state index in [0.29, 0.717) is 5.76 Å². The summed E-state index contributed by atoms with van der Waals surface area (Å²) < 4.78 is 6.47. The first kappa shape index (κ1) is 17.8. The van der Waals surface area contributed by atoms with Crippen LogP contribution >= 0.6 is 11.8 Å². The van der Waals surface area contributed by atoms with Crippen LogP contribution in [0.1, 0.15) is 11.3 Å². The topological polar surface area (TPSA) is 97.1 Å². The Morgan fingerprint density at radius 2 is 2.00 bits per heavy atom. The summed E-state index contributed by atoms with van der Waals surface area (Å²) in [6.07, 6.45) is 1.49. The van der Waals surface area contributed by atoms with E-state index >= 15 is 0 Å². The maximum atomic E-state index is 12.2. The molecule has 1 aromatic carbocycles. The largest absolute Gasteiger partial charge is 0.467 e. The van der Waals surface area contributed by atoms with Gasteiger partial charge in [-0.25, -0.2) is 4.79 Å². The molecule has 0 saturated carbocycles. The summed E-state index contributed by atoms with van der Waals surface area (Å²) in [5.41, 5.74) is -0.0492. The summed E-state index contributed by atoms with van der Waals surface area (Å²) >= 11 is 1.37. The smallest absolute Gasteiger partial charge is 0.330 e. The van der Waals surface area contributed by atoms with Gasteiger partial charge in [-0.1, -0.05) is 17.7 Å². The molecule has 134 valence electrons. The van der Waals surface area contributed by atoms with Crippen LogP contribution in [0.3, 0.4) is 0 Å². The predicted molar refractivity (Wildman–Crippen MR) is 99.7 cm³/mol. The van der Waals surface area contributed by atoms with E-state index in [1.165, 1.54) is 28.7 Å². The molecular formula is C18H17N3O4S. The second-order valence-corrected chi connectivity index (χ2v) is 6.69. The molecule has 8 heteroatoms. The van der Waals surface area contributed by atoms with E-state index in [4.69, 9.17) is 4.42 Å². The fourth-order valence-corrected chi connectivity index (χ4v) is 3.00. The fraction of sp³-hybridized carbons (Fsp3) is 0.167. The lowest BCUT2D eigenvalue weighted by Crippen LogP contribution is -2.33. The van der Waals surface area contributed by atoms with E-state index in [1.807, 2.05) is 31.2 Å². The Bertz CT molecular complexity index is 1000. The Morgan fingerprint density at radius 1 is 1.23 bits per heavy atom. The third-order valence-corrected chi connectivity index (χ3v) is 4.60. The molecule has 0 fully saturated rings. The summed E-state index contributed by atoms with van der Waals surface area (Å²) in [5.74, 6) is 0.507. The van der Waals surface area contributed by atoms with Crippen LogP contribution in [-0.2, 0) is 11.3 Å². The van der Waals surface area contributed by atoms with Crippen LogP contribution in [0.4, 0.5) is 5.82 Å². The number of anilines is 1. The number of hydrogen-bond donors (Lipinski definition) is 2. The minimum Gasteiger partial charge on any atom is -0.467 e. The molecule has 0 bridgehead atoms. The van der Waals surface area contributed by atoms with Gasteiger partial charge in [0.05, 0.1) is 18.6 Å². The zero-order valence-electron chi connectivity index (χ0n) is 14.0. The normalized spacial score (nSPS) is 10.7. The number of carbonyl (C=O) groups is 1. The summed E-state index contributed by atoms with van der Waals surface area (Å²) in [5, 5.41) is 2.63. The van der Waals surface area contributed by atoms with Crippen LogP contribution < -0.4 is 16.6 Å². The third-order valence-electron chi connectivity index (χ3n) is 3.59. The van der Waals surface area contributed by atoms with Gasteiger partial charge in [-0.15, -0.1) is 11.8 Å². The minimum atomic E-state index is -0.615. The molecule has 0 radical (unpaired) electrons. The van der Waals surface area contributed by atoms with Crippen LogP contribution in [-0.4, -0.2) is 21.2 Å². The van der Waals surface area contributed by atoms with Crippen LogP contribution in [0, 0.1) is 6.92 Å². The number of carbonyl (C=O) groups excluding carboxylic acids is 1. The third kappa shape index (κ3) is 4.54. The Balaban J connectivity index is 1.73. The number of H-pyrrole nitrogens is 1. The lowest BCUT2D eigenvalue weighted by Gasteiger charge is -2.12. The van der Waals surface area contributed by atoms with E-state index in [1.54, 1.807) is 12.1 Å².